The third-order valence-corrected chi connectivity index (χ3v) is 3.00. The van der Waals surface area contributed by atoms with E-state index in [2.05, 4.69) is 28.5 Å². The zero-order valence-electron chi connectivity index (χ0n) is 7.33. The molecule has 0 heterocycles. The lowest BCUT2D eigenvalue weighted by Gasteiger charge is -2.28. The molecular weight excluding hydrogens is 106 g/mol. The van der Waals surface area contributed by atoms with Gasteiger partial charge in [0.15, 0.2) is 0 Å². The molecule has 0 aromatic heterocycles. The van der Waals surface area contributed by atoms with E-state index in [4.69, 9.17) is 0 Å². The molecule has 0 unspecified atom stereocenters. The van der Waals surface area contributed by atoms with Gasteiger partial charge in [0.1, 0.15) is 0 Å². The molecule has 0 radical (unpaired) electrons. The van der Waals surface area contributed by atoms with Gasteiger partial charge in [-0.15, -0.1) is 0 Å². The van der Waals surface area contributed by atoms with Crippen molar-refractivity contribution in [1.29, 1.82) is 0 Å². The smallest absolute Gasteiger partial charge is 0.0656 e. The lowest BCUT2D eigenvalue weighted by molar-refractivity contribution is 0.501. The average molecular weight is 124 g/mol. The number of hydrogen-bond acceptors (Lipinski definition) is 0. The zero-order chi connectivity index (χ0) is 7.33. The molecular formula is C7H18B2. The molecule has 0 atom stereocenters. The Morgan fingerprint density at radius 1 is 1.11 bits per heavy atom. The summed E-state index contributed by atoms with van der Waals surface area (Å²) in [6, 6.07) is 0. The van der Waals surface area contributed by atoms with E-state index in [-0.39, 0.29) is 0 Å². The summed E-state index contributed by atoms with van der Waals surface area (Å²) in [5.41, 5.74) is 0. The lowest BCUT2D eigenvalue weighted by atomic mass is 9.37. The molecule has 0 spiro atoms. The van der Waals surface area contributed by atoms with Gasteiger partial charge in [0, 0.05) is 0 Å². The molecule has 0 N–H and O–H groups in total. The van der Waals surface area contributed by atoms with E-state index in [1.54, 1.807) is 0 Å². The van der Waals surface area contributed by atoms with Crippen molar-refractivity contribution in [1.82, 2.24) is 0 Å². The first-order valence-electron chi connectivity index (χ1n) is 4.24. The number of rotatable bonds is 4. The van der Waals surface area contributed by atoms with Gasteiger partial charge in [0.25, 0.3) is 0 Å². The van der Waals surface area contributed by atoms with Crippen LogP contribution in [0.3, 0.4) is 0 Å². The van der Waals surface area contributed by atoms with Gasteiger partial charge >= 0.3 is 0 Å². The van der Waals surface area contributed by atoms with E-state index in [9.17, 15) is 0 Å². The summed E-state index contributed by atoms with van der Waals surface area (Å²) >= 11 is 0. The van der Waals surface area contributed by atoms with E-state index in [0.29, 0.717) is 5.31 Å². The maximum absolute atomic E-state index is 2.30. The van der Waals surface area contributed by atoms with Crippen LogP contribution in [0, 0.1) is 0 Å². The molecule has 0 nitrogen and oxygen atoms in total. The molecule has 0 aromatic rings. The lowest BCUT2D eigenvalue weighted by Crippen LogP contribution is -2.18. The van der Waals surface area contributed by atoms with Crippen molar-refractivity contribution in [3.8, 4) is 0 Å². The molecule has 52 valence electrons. The second-order valence-corrected chi connectivity index (χ2v) is 2.91. The molecule has 0 fully saturated rings. The van der Waals surface area contributed by atoms with Crippen molar-refractivity contribution in [3.63, 3.8) is 0 Å². The predicted molar refractivity (Wildman–Crippen MR) is 49.3 cm³/mol. The minimum absolute atomic E-state index is 0.667. The fourth-order valence-electron chi connectivity index (χ4n) is 1.50. The molecule has 0 aliphatic heterocycles. The van der Waals surface area contributed by atoms with E-state index < -0.39 is 0 Å². The third kappa shape index (κ3) is 2.08. The average Bonchev–Trinajstić information content (AvgIpc) is 1.95. The van der Waals surface area contributed by atoms with E-state index in [1.807, 2.05) is 0 Å². The Hall–Kier alpha value is 0.130. The Bertz CT molecular complexity index is 49.8. The van der Waals surface area contributed by atoms with Crippen molar-refractivity contribution in [2.24, 2.45) is 0 Å². The van der Waals surface area contributed by atoms with Gasteiger partial charge in [-0.05, 0) is 0 Å². The standard InChI is InChI=1S/C7H18B2/c1-4-7(5-2,6-3)9-8/h9H,4-6,8H2,1-3H3. The Morgan fingerprint density at radius 2 is 1.44 bits per heavy atom. The van der Waals surface area contributed by atoms with Crippen LogP contribution in [0.25, 0.3) is 0 Å². The van der Waals surface area contributed by atoms with Crippen LogP contribution < -0.4 is 0 Å². The summed E-state index contributed by atoms with van der Waals surface area (Å²) in [5.74, 6) is 0. The van der Waals surface area contributed by atoms with Crippen LogP contribution in [0.2, 0.25) is 5.31 Å². The molecule has 2 heteroatoms. The quantitative estimate of drug-likeness (QED) is 0.496. The van der Waals surface area contributed by atoms with Gasteiger partial charge in [-0.25, -0.2) is 0 Å². The fourth-order valence-corrected chi connectivity index (χ4v) is 1.50. The SMILES string of the molecule is BBC(CC)(CC)CC. The van der Waals surface area contributed by atoms with Crippen LogP contribution in [-0.2, 0) is 0 Å². The molecule has 0 rings (SSSR count). The van der Waals surface area contributed by atoms with Crippen molar-refractivity contribution in [3.05, 3.63) is 0 Å². The predicted octanol–water partition coefficient (Wildman–Crippen LogP) is 1.36. The topological polar surface area (TPSA) is 0 Å². The molecule has 0 bridgehead atoms. The van der Waals surface area contributed by atoms with Crippen molar-refractivity contribution in [2.75, 3.05) is 0 Å². The number of hydrogen-bond donors (Lipinski definition) is 0. The summed E-state index contributed by atoms with van der Waals surface area (Å²) in [6.07, 6.45) is 4.03. The first kappa shape index (κ1) is 9.13. The highest BCUT2D eigenvalue weighted by molar-refractivity contribution is 6.91. The zero-order valence-corrected chi connectivity index (χ0v) is 7.33. The second-order valence-electron chi connectivity index (χ2n) is 2.91. The van der Waals surface area contributed by atoms with Crippen LogP contribution in [0.1, 0.15) is 40.0 Å². The molecule has 0 aliphatic carbocycles. The van der Waals surface area contributed by atoms with Crippen LogP contribution in [0.15, 0.2) is 0 Å². The van der Waals surface area contributed by atoms with E-state index in [0.717, 1.165) is 0 Å². The Balaban J connectivity index is 3.82. The fraction of sp³-hybridized carbons (Fsp3) is 1.00. The molecule has 0 aliphatic rings. The third-order valence-electron chi connectivity index (χ3n) is 3.00. The van der Waals surface area contributed by atoms with Crippen molar-refractivity contribution in [2.45, 2.75) is 45.3 Å². The van der Waals surface area contributed by atoms with Gasteiger partial charge in [-0.2, -0.15) is 0 Å². The van der Waals surface area contributed by atoms with Gasteiger partial charge in [0.2, 0.25) is 0 Å². The van der Waals surface area contributed by atoms with Crippen molar-refractivity contribution >= 4 is 14.9 Å². The van der Waals surface area contributed by atoms with Gasteiger partial charge in [-0.3, -0.25) is 0 Å². The van der Waals surface area contributed by atoms with Gasteiger partial charge in [0.05, 0.1) is 14.9 Å². The molecule has 0 saturated carbocycles. The molecule has 9 heavy (non-hydrogen) atoms. The van der Waals surface area contributed by atoms with Gasteiger partial charge in [-0.1, -0.05) is 45.3 Å². The molecule has 0 aromatic carbocycles. The Kier molecular flexibility index (Phi) is 4.09. The maximum atomic E-state index is 2.30. The largest absolute Gasteiger partial charge is 0.0900 e. The summed E-state index contributed by atoms with van der Waals surface area (Å²) in [5, 5.41) is 0.667. The highest BCUT2D eigenvalue weighted by atomic mass is 14.1. The summed E-state index contributed by atoms with van der Waals surface area (Å²) < 4.78 is 0. The van der Waals surface area contributed by atoms with Crippen LogP contribution in [0.5, 0.6) is 0 Å². The monoisotopic (exact) mass is 124 g/mol. The summed E-state index contributed by atoms with van der Waals surface area (Å²) in [7, 11) is 3.65. The Morgan fingerprint density at radius 3 is 1.44 bits per heavy atom. The van der Waals surface area contributed by atoms with Crippen LogP contribution in [0.4, 0.5) is 0 Å². The first-order valence-corrected chi connectivity index (χ1v) is 4.24. The normalized spacial score (nSPS) is 11.4. The highest BCUT2D eigenvalue weighted by Crippen LogP contribution is 2.35. The Labute approximate surface area is 61.1 Å². The minimum atomic E-state index is 0.667. The van der Waals surface area contributed by atoms with Crippen LogP contribution >= 0.6 is 0 Å². The highest BCUT2D eigenvalue weighted by Gasteiger charge is 2.20. The first-order chi connectivity index (χ1) is 4.24. The molecule has 0 saturated heterocycles. The maximum Gasteiger partial charge on any atom is 0.0900 e. The summed E-state index contributed by atoms with van der Waals surface area (Å²) in [4.78, 5) is 0. The summed E-state index contributed by atoms with van der Waals surface area (Å²) in [6.45, 7) is 6.91. The molecule has 0 amide bonds. The van der Waals surface area contributed by atoms with Crippen LogP contribution in [-0.4, -0.2) is 14.9 Å². The van der Waals surface area contributed by atoms with E-state index >= 15 is 0 Å². The van der Waals surface area contributed by atoms with Crippen molar-refractivity contribution < 1.29 is 0 Å². The van der Waals surface area contributed by atoms with E-state index in [1.165, 1.54) is 26.4 Å². The van der Waals surface area contributed by atoms with Gasteiger partial charge < -0.3 is 0 Å². The minimum Gasteiger partial charge on any atom is -0.0656 e. The second kappa shape index (κ2) is 4.03.